The van der Waals surface area contributed by atoms with Gasteiger partial charge in [0.15, 0.2) is 17.4 Å². The number of rotatable bonds is 6. The highest BCUT2D eigenvalue weighted by molar-refractivity contribution is 5.72. The number of carbonyl (C=O) groups excluding carboxylic acids is 1. The van der Waals surface area contributed by atoms with Crippen LogP contribution in [0, 0.1) is 11.6 Å². The molecule has 0 saturated heterocycles. The molecule has 1 aliphatic heterocycles. The molecule has 1 aliphatic rings. The molecule has 2 N–H and O–H groups in total. The number of aromatic nitrogens is 3. The molecule has 10 heteroatoms. The summed E-state index contributed by atoms with van der Waals surface area (Å²) >= 11 is 0. The van der Waals surface area contributed by atoms with Crippen LogP contribution < -0.4 is 15.4 Å². The smallest absolute Gasteiger partial charge is 0.314 e. The maximum absolute atomic E-state index is 14.9. The van der Waals surface area contributed by atoms with Crippen molar-refractivity contribution in [3.8, 4) is 17.0 Å². The number of ether oxygens (including phenoxy) is 1. The molecule has 0 radical (unpaired) electrons. The molecule has 0 saturated carbocycles. The van der Waals surface area contributed by atoms with Crippen LogP contribution in [0.15, 0.2) is 36.7 Å². The van der Waals surface area contributed by atoms with Crippen LogP contribution in [-0.4, -0.2) is 52.1 Å². The molecule has 2 amide bonds. The molecule has 4 rings (SSSR count). The van der Waals surface area contributed by atoms with Gasteiger partial charge in [-0.25, -0.2) is 23.5 Å². The van der Waals surface area contributed by atoms with Gasteiger partial charge in [0.05, 0.1) is 24.8 Å². The number of urea groups is 1. The van der Waals surface area contributed by atoms with Crippen LogP contribution in [0.25, 0.3) is 11.3 Å². The van der Waals surface area contributed by atoms with Crippen molar-refractivity contribution >= 4 is 11.7 Å². The minimum absolute atomic E-state index is 0.0145. The van der Waals surface area contributed by atoms with Crippen molar-refractivity contribution in [3.63, 3.8) is 0 Å². The first-order valence-electron chi connectivity index (χ1n) is 10.9. The molecular formula is C24H26F2N6O2. The number of benzene rings is 1. The van der Waals surface area contributed by atoms with Gasteiger partial charge >= 0.3 is 6.03 Å². The number of hydrogen-bond donors (Lipinski definition) is 1. The molecule has 0 atom stereocenters. The van der Waals surface area contributed by atoms with Crippen molar-refractivity contribution in [3.05, 3.63) is 65.4 Å². The Morgan fingerprint density at radius 1 is 1.21 bits per heavy atom. The summed E-state index contributed by atoms with van der Waals surface area (Å²) < 4.78 is 35.1. The van der Waals surface area contributed by atoms with E-state index in [1.165, 1.54) is 11.0 Å². The van der Waals surface area contributed by atoms with E-state index in [0.29, 0.717) is 42.5 Å². The molecular weight excluding hydrogens is 442 g/mol. The lowest BCUT2D eigenvalue weighted by molar-refractivity contribution is 0.216. The Balaban J connectivity index is 1.60. The largest absolute Gasteiger partial charge is 0.486 e. The summed E-state index contributed by atoms with van der Waals surface area (Å²) in [4.78, 5) is 27.4. The fourth-order valence-corrected chi connectivity index (χ4v) is 3.83. The molecule has 0 unspecified atom stereocenters. The average Bonchev–Trinajstić information content (AvgIpc) is 2.81. The zero-order valence-electron chi connectivity index (χ0n) is 19.3. The second-order valence-corrected chi connectivity index (χ2v) is 8.45. The summed E-state index contributed by atoms with van der Waals surface area (Å²) in [6.45, 7) is 5.35. The van der Waals surface area contributed by atoms with Crippen LogP contribution in [0.1, 0.15) is 30.9 Å². The van der Waals surface area contributed by atoms with Gasteiger partial charge in [-0.05, 0) is 37.6 Å². The first kappa shape index (κ1) is 23.3. The number of anilines is 1. The van der Waals surface area contributed by atoms with E-state index in [9.17, 15) is 13.6 Å². The van der Waals surface area contributed by atoms with Crippen molar-refractivity contribution in [1.82, 2.24) is 19.9 Å². The molecule has 8 nitrogen and oxygen atoms in total. The predicted molar refractivity (Wildman–Crippen MR) is 123 cm³/mol. The van der Waals surface area contributed by atoms with E-state index in [4.69, 9.17) is 10.5 Å². The molecule has 2 aromatic heterocycles. The molecule has 3 heterocycles. The van der Waals surface area contributed by atoms with Gasteiger partial charge in [0.2, 0.25) is 0 Å². The maximum atomic E-state index is 14.9. The first-order valence-corrected chi connectivity index (χ1v) is 10.9. The molecule has 3 aromatic rings. The topological polar surface area (TPSA) is 97.5 Å². The molecule has 0 bridgehead atoms. The molecule has 34 heavy (non-hydrogen) atoms. The van der Waals surface area contributed by atoms with E-state index in [1.54, 1.807) is 25.4 Å². The second-order valence-electron chi connectivity index (χ2n) is 8.45. The number of primary amides is 1. The predicted octanol–water partition coefficient (Wildman–Crippen LogP) is 3.53. The average molecular weight is 469 g/mol. The van der Waals surface area contributed by atoms with Gasteiger partial charge < -0.3 is 20.3 Å². The lowest BCUT2D eigenvalue weighted by Gasteiger charge is -2.34. The highest BCUT2D eigenvalue weighted by atomic mass is 19.1. The Hall–Kier alpha value is -3.82. The Morgan fingerprint density at radius 2 is 2.00 bits per heavy atom. The summed E-state index contributed by atoms with van der Waals surface area (Å²) in [7, 11) is 1.60. The number of nitrogens with zero attached hydrogens (tertiary/aromatic N) is 5. The Labute approximate surface area is 196 Å². The SMILES string of the molecule is CC(C)N1CCOc2c(F)cc(-c3nc(Cc4ccc(CN(C)C(N)=O)cn4)ncc3F)cc21. The normalized spacial score (nSPS) is 12.9. The fraction of sp³-hybridized carbons (Fsp3) is 0.333. The number of halogens is 2. The van der Waals surface area contributed by atoms with Crippen LogP contribution in [0.3, 0.4) is 0 Å². The number of fused-ring (bicyclic) bond motifs is 1. The summed E-state index contributed by atoms with van der Waals surface area (Å²) in [6.07, 6.45) is 2.98. The highest BCUT2D eigenvalue weighted by Crippen LogP contribution is 2.39. The zero-order valence-corrected chi connectivity index (χ0v) is 19.3. The standard InChI is InChI=1S/C24H26F2N6O2/c1-14(2)32-6-7-34-23-18(25)8-16(9-20(23)32)22-19(26)12-29-21(30-22)10-17-5-4-15(11-28-17)13-31(3)24(27)33/h4-5,8-9,11-12,14H,6-7,10,13H2,1-3H3,(H2,27,33). The number of carbonyl (C=O) groups is 1. The Morgan fingerprint density at radius 3 is 2.68 bits per heavy atom. The van der Waals surface area contributed by atoms with Gasteiger partial charge in [-0.1, -0.05) is 6.07 Å². The van der Waals surface area contributed by atoms with E-state index in [-0.39, 0.29) is 23.9 Å². The Bertz CT molecular complexity index is 1200. The van der Waals surface area contributed by atoms with E-state index in [1.807, 2.05) is 24.8 Å². The summed E-state index contributed by atoms with van der Waals surface area (Å²) in [5, 5.41) is 0. The van der Waals surface area contributed by atoms with Crippen molar-refractivity contribution in [2.45, 2.75) is 32.9 Å². The molecule has 0 fully saturated rings. The van der Waals surface area contributed by atoms with E-state index >= 15 is 0 Å². The first-order chi connectivity index (χ1) is 16.2. The van der Waals surface area contributed by atoms with Crippen LogP contribution in [0.5, 0.6) is 5.75 Å². The number of pyridine rings is 1. The van der Waals surface area contributed by atoms with Crippen molar-refractivity contribution in [2.75, 3.05) is 25.1 Å². The summed E-state index contributed by atoms with van der Waals surface area (Å²) in [5.41, 5.74) is 7.63. The maximum Gasteiger partial charge on any atom is 0.314 e. The summed E-state index contributed by atoms with van der Waals surface area (Å²) in [6, 6.07) is 6.14. The number of hydrogen-bond acceptors (Lipinski definition) is 6. The van der Waals surface area contributed by atoms with E-state index in [0.717, 1.165) is 11.8 Å². The lowest BCUT2D eigenvalue weighted by Crippen LogP contribution is -2.38. The van der Waals surface area contributed by atoms with E-state index < -0.39 is 17.7 Å². The minimum atomic E-state index is -0.645. The number of amides is 2. The summed E-state index contributed by atoms with van der Waals surface area (Å²) in [5.74, 6) is -0.685. The fourth-order valence-electron chi connectivity index (χ4n) is 3.83. The van der Waals surface area contributed by atoms with Crippen LogP contribution in [0.2, 0.25) is 0 Å². The Kier molecular flexibility index (Phi) is 6.58. The van der Waals surface area contributed by atoms with Gasteiger partial charge in [0, 0.05) is 37.1 Å². The van der Waals surface area contributed by atoms with Gasteiger partial charge in [-0.2, -0.15) is 0 Å². The van der Waals surface area contributed by atoms with Crippen LogP contribution in [0.4, 0.5) is 19.3 Å². The van der Waals surface area contributed by atoms with Crippen LogP contribution >= 0.6 is 0 Å². The van der Waals surface area contributed by atoms with Gasteiger partial charge in [0.1, 0.15) is 18.1 Å². The van der Waals surface area contributed by atoms with Crippen molar-refractivity contribution in [2.24, 2.45) is 5.73 Å². The molecule has 178 valence electrons. The van der Waals surface area contributed by atoms with Crippen molar-refractivity contribution < 1.29 is 18.3 Å². The highest BCUT2D eigenvalue weighted by Gasteiger charge is 2.25. The van der Waals surface area contributed by atoms with Crippen LogP contribution in [-0.2, 0) is 13.0 Å². The third-order valence-electron chi connectivity index (χ3n) is 5.62. The monoisotopic (exact) mass is 468 g/mol. The quantitative estimate of drug-likeness (QED) is 0.595. The van der Waals surface area contributed by atoms with Gasteiger partial charge in [-0.15, -0.1) is 0 Å². The third kappa shape index (κ3) is 4.90. The molecule has 1 aromatic carbocycles. The molecule has 0 spiro atoms. The second kappa shape index (κ2) is 9.58. The van der Waals surface area contributed by atoms with Gasteiger partial charge in [0.25, 0.3) is 0 Å². The lowest BCUT2D eigenvalue weighted by atomic mass is 10.1. The van der Waals surface area contributed by atoms with Gasteiger partial charge in [-0.3, -0.25) is 4.98 Å². The van der Waals surface area contributed by atoms with Crippen molar-refractivity contribution in [1.29, 1.82) is 0 Å². The third-order valence-corrected chi connectivity index (χ3v) is 5.62. The number of nitrogens with two attached hydrogens (primary N) is 1. The minimum Gasteiger partial charge on any atom is -0.486 e. The van der Waals surface area contributed by atoms with E-state index in [2.05, 4.69) is 15.0 Å². The molecule has 0 aliphatic carbocycles. The zero-order chi connectivity index (χ0) is 24.4.